The topological polar surface area (TPSA) is 57.5 Å². The Morgan fingerprint density at radius 3 is 2.20 bits per heavy atom. The van der Waals surface area contributed by atoms with E-state index in [1.807, 2.05) is 0 Å². The zero-order valence-electron chi connectivity index (χ0n) is 7.32. The van der Waals surface area contributed by atoms with Gasteiger partial charge in [-0.25, -0.2) is 9.18 Å². The van der Waals surface area contributed by atoms with Gasteiger partial charge in [-0.2, -0.15) is 0 Å². The van der Waals surface area contributed by atoms with Gasteiger partial charge in [0.05, 0.1) is 0 Å². The number of hydrogen-bond acceptors (Lipinski definition) is 2. The van der Waals surface area contributed by atoms with Crippen molar-refractivity contribution in [2.75, 3.05) is 0 Å². The number of halogens is 3. The quantitative estimate of drug-likeness (QED) is 0.869. The summed E-state index contributed by atoms with van der Waals surface area (Å²) in [6.07, 6.45) is -4.33. The van der Waals surface area contributed by atoms with Crippen molar-refractivity contribution < 1.29 is 19.4 Å². The second-order valence-electron chi connectivity index (χ2n) is 2.82. The standard InChI is InChI=1S/C9H7Cl2FO3/c10-4-2-1-3-5(11)6(4)8(13)7(12)9(14)15/h1-3,7-8,13H,(H,14,15). The number of aliphatic hydroxyl groups excluding tert-OH is 1. The van der Waals surface area contributed by atoms with Gasteiger partial charge in [0.1, 0.15) is 6.10 Å². The summed E-state index contributed by atoms with van der Waals surface area (Å²) >= 11 is 11.3. The van der Waals surface area contributed by atoms with Gasteiger partial charge in [-0.05, 0) is 12.1 Å². The van der Waals surface area contributed by atoms with E-state index < -0.39 is 18.2 Å². The van der Waals surface area contributed by atoms with Crippen LogP contribution >= 0.6 is 23.2 Å². The molecular weight excluding hydrogens is 246 g/mol. The van der Waals surface area contributed by atoms with E-state index in [9.17, 15) is 14.3 Å². The van der Waals surface area contributed by atoms with Crippen LogP contribution in [0, 0.1) is 0 Å². The van der Waals surface area contributed by atoms with Crippen LogP contribution in [0.4, 0.5) is 4.39 Å². The highest BCUT2D eigenvalue weighted by Gasteiger charge is 2.30. The monoisotopic (exact) mass is 252 g/mol. The van der Waals surface area contributed by atoms with E-state index >= 15 is 0 Å². The Morgan fingerprint density at radius 1 is 1.33 bits per heavy atom. The van der Waals surface area contributed by atoms with Crippen LogP contribution in [-0.2, 0) is 4.79 Å². The molecule has 6 heteroatoms. The molecular formula is C9H7Cl2FO3. The van der Waals surface area contributed by atoms with E-state index in [4.69, 9.17) is 28.3 Å². The minimum atomic E-state index is -2.46. The molecule has 0 saturated heterocycles. The number of carboxylic acids is 1. The van der Waals surface area contributed by atoms with Crippen LogP contribution in [-0.4, -0.2) is 22.4 Å². The van der Waals surface area contributed by atoms with Crippen LogP contribution in [0.1, 0.15) is 11.7 Å². The Balaban J connectivity index is 3.10. The number of hydrogen-bond donors (Lipinski definition) is 2. The molecule has 1 aromatic carbocycles. The van der Waals surface area contributed by atoms with Gasteiger partial charge in [-0.15, -0.1) is 0 Å². The summed E-state index contributed by atoms with van der Waals surface area (Å²) in [7, 11) is 0. The van der Waals surface area contributed by atoms with E-state index in [-0.39, 0.29) is 15.6 Å². The first-order valence-corrected chi connectivity index (χ1v) is 4.69. The molecule has 0 fully saturated rings. The Morgan fingerprint density at radius 2 is 1.80 bits per heavy atom. The summed E-state index contributed by atoms with van der Waals surface area (Å²) in [5, 5.41) is 17.8. The first-order chi connectivity index (χ1) is 6.95. The highest BCUT2D eigenvalue weighted by atomic mass is 35.5. The predicted molar refractivity (Wildman–Crippen MR) is 54.0 cm³/mol. The Kier molecular flexibility index (Phi) is 3.90. The van der Waals surface area contributed by atoms with Gasteiger partial charge in [-0.3, -0.25) is 0 Å². The molecule has 82 valence electrons. The van der Waals surface area contributed by atoms with Crippen molar-refractivity contribution in [2.45, 2.75) is 12.3 Å². The fourth-order valence-electron chi connectivity index (χ4n) is 1.07. The summed E-state index contributed by atoms with van der Waals surface area (Å²) in [6.45, 7) is 0. The van der Waals surface area contributed by atoms with E-state index in [1.165, 1.54) is 18.2 Å². The molecule has 0 saturated carbocycles. The molecule has 2 unspecified atom stereocenters. The third-order valence-corrected chi connectivity index (χ3v) is 2.47. The van der Waals surface area contributed by atoms with Crippen molar-refractivity contribution in [1.29, 1.82) is 0 Å². The molecule has 0 spiro atoms. The summed E-state index contributed by atoms with van der Waals surface area (Å²) in [5.41, 5.74) is -0.115. The average molecular weight is 253 g/mol. The lowest BCUT2D eigenvalue weighted by molar-refractivity contribution is -0.147. The van der Waals surface area contributed by atoms with Gasteiger partial charge >= 0.3 is 5.97 Å². The largest absolute Gasteiger partial charge is 0.479 e. The van der Waals surface area contributed by atoms with Gasteiger partial charge in [0.2, 0.25) is 6.17 Å². The lowest BCUT2D eigenvalue weighted by atomic mass is 10.1. The molecule has 2 atom stereocenters. The molecule has 0 aliphatic heterocycles. The molecule has 0 aromatic heterocycles. The lowest BCUT2D eigenvalue weighted by Crippen LogP contribution is -2.23. The Hall–Kier alpha value is -0.840. The number of alkyl halides is 1. The minimum absolute atomic E-state index is 0.0268. The maximum atomic E-state index is 13.0. The SMILES string of the molecule is O=C(O)C(F)C(O)c1c(Cl)cccc1Cl. The number of benzene rings is 1. The molecule has 15 heavy (non-hydrogen) atoms. The third-order valence-electron chi connectivity index (χ3n) is 1.81. The van der Waals surface area contributed by atoms with Crippen molar-refractivity contribution in [3.63, 3.8) is 0 Å². The molecule has 0 aliphatic carbocycles. The molecule has 1 aromatic rings. The summed E-state index contributed by atoms with van der Waals surface area (Å²) in [5.74, 6) is -1.77. The number of rotatable bonds is 3. The molecule has 2 N–H and O–H groups in total. The van der Waals surface area contributed by atoms with Gasteiger partial charge in [0.15, 0.2) is 0 Å². The Labute approximate surface area is 95.0 Å². The van der Waals surface area contributed by atoms with Gasteiger partial charge in [-0.1, -0.05) is 29.3 Å². The minimum Gasteiger partial charge on any atom is -0.479 e. The van der Waals surface area contributed by atoms with Crippen molar-refractivity contribution in [1.82, 2.24) is 0 Å². The highest BCUT2D eigenvalue weighted by molar-refractivity contribution is 6.36. The highest BCUT2D eigenvalue weighted by Crippen LogP contribution is 2.32. The maximum absolute atomic E-state index is 13.0. The lowest BCUT2D eigenvalue weighted by Gasteiger charge is -2.15. The third kappa shape index (κ3) is 2.59. The Bertz CT molecular complexity index is 363. The van der Waals surface area contributed by atoms with Gasteiger partial charge < -0.3 is 10.2 Å². The van der Waals surface area contributed by atoms with Crippen LogP contribution in [0.3, 0.4) is 0 Å². The summed E-state index contributed by atoms with van der Waals surface area (Å²) < 4.78 is 13.0. The van der Waals surface area contributed by atoms with E-state index in [2.05, 4.69) is 0 Å². The van der Waals surface area contributed by atoms with Crippen LogP contribution in [0.2, 0.25) is 10.0 Å². The summed E-state index contributed by atoms with van der Waals surface area (Å²) in [6, 6.07) is 4.29. The number of aliphatic hydroxyl groups is 1. The zero-order chi connectivity index (χ0) is 11.6. The van der Waals surface area contributed by atoms with E-state index in [0.717, 1.165) is 0 Å². The number of carbonyl (C=O) groups is 1. The summed E-state index contributed by atoms with van der Waals surface area (Å²) in [4.78, 5) is 10.3. The molecule has 0 heterocycles. The first kappa shape index (κ1) is 12.2. The molecule has 3 nitrogen and oxygen atoms in total. The fraction of sp³-hybridized carbons (Fsp3) is 0.222. The van der Waals surface area contributed by atoms with Gasteiger partial charge in [0, 0.05) is 15.6 Å². The normalized spacial score (nSPS) is 14.7. The van der Waals surface area contributed by atoms with E-state index in [1.54, 1.807) is 0 Å². The smallest absolute Gasteiger partial charge is 0.341 e. The molecule has 0 amide bonds. The first-order valence-electron chi connectivity index (χ1n) is 3.94. The van der Waals surface area contributed by atoms with E-state index in [0.29, 0.717) is 0 Å². The average Bonchev–Trinajstić information content (AvgIpc) is 2.15. The van der Waals surface area contributed by atoms with Crippen LogP contribution in [0.25, 0.3) is 0 Å². The van der Waals surface area contributed by atoms with Crippen LogP contribution in [0.5, 0.6) is 0 Å². The predicted octanol–water partition coefficient (Wildman–Crippen LogP) is 2.45. The molecule has 0 aliphatic rings. The molecule has 0 radical (unpaired) electrons. The molecule has 1 rings (SSSR count). The molecule has 0 bridgehead atoms. The second-order valence-corrected chi connectivity index (χ2v) is 3.63. The van der Waals surface area contributed by atoms with Crippen molar-refractivity contribution >= 4 is 29.2 Å². The maximum Gasteiger partial charge on any atom is 0.341 e. The van der Waals surface area contributed by atoms with Crippen LogP contribution < -0.4 is 0 Å². The number of carboxylic acid groups (broad SMARTS) is 1. The zero-order valence-corrected chi connectivity index (χ0v) is 8.84. The van der Waals surface area contributed by atoms with Crippen LogP contribution in [0.15, 0.2) is 18.2 Å². The van der Waals surface area contributed by atoms with Crippen molar-refractivity contribution in [2.24, 2.45) is 0 Å². The van der Waals surface area contributed by atoms with Gasteiger partial charge in [0.25, 0.3) is 0 Å². The fourth-order valence-corrected chi connectivity index (χ4v) is 1.70. The second kappa shape index (κ2) is 4.79. The van der Waals surface area contributed by atoms with Crippen molar-refractivity contribution in [3.8, 4) is 0 Å². The van der Waals surface area contributed by atoms with Crippen molar-refractivity contribution in [3.05, 3.63) is 33.8 Å². The number of aliphatic carboxylic acids is 1.